The minimum absolute atomic E-state index is 0.0275. The van der Waals surface area contributed by atoms with Gasteiger partial charge in [-0.1, -0.05) is 48.5 Å². The summed E-state index contributed by atoms with van der Waals surface area (Å²) in [5, 5.41) is 18.6. The van der Waals surface area contributed by atoms with Crippen LogP contribution in [0.25, 0.3) is 0 Å². The lowest BCUT2D eigenvalue weighted by molar-refractivity contribution is -0.135. The van der Waals surface area contributed by atoms with Gasteiger partial charge in [-0.3, -0.25) is 9.69 Å². The van der Waals surface area contributed by atoms with E-state index in [-0.39, 0.29) is 30.2 Å². The quantitative estimate of drug-likeness (QED) is 0.515. The number of aliphatic carboxylic acids is 1. The number of nitrogens with zero attached hydrogens (tertiary/aromatic N) is 1. The number of hydrogen-bond donors (Lipinski definition) is 2. The van der Waals surface area contributed by atoms with Crippen LogP contribution in [0.2, 0.25) is 0 Å². The maximum Gasteiger partial charge on any atom is 0.415 e. The Morgan fingerprint density at radius 2 is 1.44 bits per heavy atom. The number of carbonyl (C=O) groups excluding carboxylic acids is 2. The van der Waals surface area contributed by atoms with Gasteiger partial charge in [-0.15, -0.1) is 0 Å². The minimum atomic E-state index is -1.24. The predicted octanol–water partition coefficient (Wildman–Crippen LogP) is 3.98. The number of esters is 1. The Kier molecular flexibility index (Phi) is 7.42. The first-order valence-electron chi connectivity index (χ1n) is 9.68. The van der Waals surface area contributed by atoms with Gasteiger partial charge >= 0.3 is 18.0 Å². The van der Waals surface area contributed by atoms with Gasteiger partial charge in [0.05, 0.1) is 5.56 Å². The van der Waals surface area contributed by atoms with E-state index in [2.05, 4.69) is 0 Å². The van der Waals surface area contributed by atoms with Gasteiger partial charge in [0.2, 0.25) is 0 Å². The van der Waals surface area contributed by atoms with Crippen LogP contribution in [0.3, 0.4) is 0 Å². The lowest BCUT2D eigenvalue weighted by atomic mass is 10.1. The van der Waals surface area contributed by atoms with Crippen molar-refractivity contribution < 1.29 is 34.1 Å². The second kappa shape index (κ2) is 10.6. The summed E-state index contributed by atoms with van der Waals surface area (Å²) in [5.41, 5.74) is 1.74. The smallest absolute Gasteiger partial charge is 0.415 e. The summed E-state index contributed by atoms with van der Waals surface area (Å²) in [6, 6.07) is 21.2. The number of carboxylic acids is 1. The fourth-order valence-corrected chi connectivity index (χ4v) is 2.89. The van der Waals surface area contributed by atoms with E-state index in [4.69, 9.17) is 14.6 Å². The maximum absolute atomic E-state index is 12.6. The van der Waals surface area contributed by atoms with Crippen molar-refractivity contribution in [3.05, 3.63) is 95.6 Å². The van der Waals surface area contributed by atoms with Crippen LogP contribution < -0.4 is 4.90 Å². The number of rotatable bonds is 8. The van der Waals surface area contributed by atoms with Gasteiger partial charge in [0.15, 0.2) is 0 Å². The predicted molar refractivity (Wildman–Crippen MR) is 115 cm³/mol. The molecule has 32 heavy (non-hydrogen) atoms. The first-order valence-corrected chi connectivity index (χ1v) is 9.68. The Bertz CT molecular complexity index is 1080. The van der Waals surface area contributed by atoms with E-state index in [1.807, 2.05) is 30.3 Å². The molecule has 1 amide bonds. The van der Waals surface area contributed by atoms with Crippen LogP contribution >= 0.6 is 0 Å². The number of amides is 1. The summed E-state index contributed by atoms with van der Waals surface area (Å²) in [4.78, 5) is 37.2. The molecule has 0 saturated heterocycles. The average molecular weight is 435 g/mol. The summed E-state index contributed by atoms with van der Waals surface area (Å²) >= 11 is 0. The number of aromatic hydroxyl groups is 1. The second-order valence-corrected chi connectivity index (χ2v) is 6.77. The van der Waals surface area contributed by atoms with Gasteiger partial charge in [0.25, 0.3) is 0 Å². The van der Waals surface area contributed by atoms with Crippen LogP contribution in [0, 0.1) is 0 Å². The number of carbonyl (C=O) groups is 3. The van der Waals surface area contributed by atoms with E-state index in [0.29, 0.717) is 5.56 Å². The summed E-state index contributed by atoms with van der Waals surface area (Å²) in [6.07, 6.45) is -0.912. The molecule has 0 bridgehead atoms. The highest BCUT2D eigenvalue weighted by Gasteiger charge is 2.22. The van der Waals surface area contributed by atoms with E-state index in [0.717, 1.165) is 10.5 Å². The van der Waals surface area contributed by atoms with Crippen LogP contribution in [-0.2, 0) is 27.5 Å². The van der Waals surface area contributed by atoms with Crippen molar-refractivity contribution in [2.24, 2.45) is 0 Å². The number of hydrogen-bond acceptors (Lipinski definition) is 6. The molecule has 0 atom stereocenters. The van der Waals surface area contributed by atoms with E-state index in [1.165, 1.54) is 24.3 Å². The zero-order chi connectivity index (χ0) is 22.9. The van der Waals surface area contributed by atoms with E-state index in [9.17, 15) is 19.5 Å². The molecule has 0 heterocycles. The number of phenols is 1. The highest BCUT2D eigenvalue weighted by atomic mass is 16.6. The van der Waals surface area contributed by atoms with Gasteiger partial charge in [-0.2, -0.15) is 0 Å². The zero-order valence-corrected chi connectivity index (χ0v) is 17.0. The molecule has 3 aromatic carbocycles. The Labute approximate surface area is 184 Å². The van der Waals surface area contributed by atoms with Crippen LogP contribution in [0.1, 0.15) is 21.5 Å². The molecule has 0 radical (unpaired) electrons. The van der Waals surface area contributed by atoms with Gasteiger partial charge < -0.3 is 19.7 Å². The van der Waals surface area contributed by atoms with Crippen LogP contribution in [0.4, 0.5) is 10.5 Å². The van der Waals surface area contributed by atoms with Crippen LogP contribution in [0.15, 0.2) is 78.9 Å². The van der Waals surface area contributed by atoms with Gasteiger partial charge in [0.1, 0.15) is 25.5 Å². The minimum Gasteiger partial charge on any atom is -0.508 e. The van der Waals surface area contributed by atoms with Gasteiger partial charge in [0, 0.05) is 11.3 Å². The highest BCUT2D eigenvalue weighted by molar-refractivity contribution is 5.93. The number of anilines is 1. The third-order valence-electron chi connectivity index (χ3n) is 4.48. The summed E-state index contributed by atoms with van der Waals surface area (Å²) in [5.74, 6) is -1.83. The molecule has 0 aromatic heterocycles. The van der Waals surface area contributed by atoms with Crippen molar-refractivity contribution in [3.63, 3.8) is 0 Å². The van der Waals surface area contributed by atoms with Crippen molar-refractivity contribution in [1.82, 2.24) is 0 Å². The third kappa shape index (κ3) is 6.09. The molecule has 0 aliphatic rings. The Balaban J connectivity index is 1.68. The molecule has 164 valence electrons. The first kappa shape index (κ1) is 22.4. The molecule has 0 unspecified atom stereocenters. The van der Waals surface area contributed by atoms with E-state index in [1.54, 1.807) is 24.3 Å². The van der Waals surface area contributed by atoms with Crippen LogP contribution in [0.5, 0.6) is 5.75 Å². The lowest BCUT2D eigenvalue weighted by Crippen LogP contribution is -2.36. The Hall–Kier alpha value is -4.33. The molecule has 0 spiro atoms. The normalized spacial score (nSPS) is 10.2. The van der Waals surface area contributed by atoms with Gasteiger partial charge in [-0.05, 0) is 35.9 Å². The summed E-state index contributed by atoms with van der Waals surface area (Å²) in [7, 11) is 0. The maximum atomic E-state index is 12.6. The summed E-state index contributed by atoms with van der Waals surface area (Å²) in [6.45, 7) is -0.797. The van der Waals surface area contributed by atoms with E-state index >= 15 is 0 Å². The Morgan fingerprint density at radius 3 is 2.12 bits per heavy atom. The molecule has 3 aromatic rings. The Morgan fingerprint density at radius 1 is 0.781 bits per heavy atom. The fraction of sp³-hybridized carbons (Fsp3) is 0.125. The molecule has 8 nitrogen and oxygen atoms in total. The van der Waals surface area contributed by atoms with Crippen molar-refractivity contribution in [3.8, 4) is 5.75 Å². The molecular weight excluding hydrogens is 414 g/mol. The highest BCUT2D eigenvalue weighted by Crippen LogP contribution is 2.20. The lowest BCUT2D eigenvalue weighted by Gasteiger charge is -2.20. The topological polar surface area (TPSA) is 113 Å². The number of benzene rings is 3. The zero-order valence-electron chi connectivity index (χ0n) is 17.0. The number of ether oxygens (including phenoxy) is 2. The number of carboxylic acid groups (broad SMARTS) is 1. The van der Waals surface area contributed by atoms with E-state index < -0.39 is 24.6 Å². The molecule has 0 fully saturated rings. The van der Waals surface area contributed by atoms with Crippen molar-refractivity contribution >= 4 is 23.7 Å². The first-order chi connectivity index (χ1) is 15.4. The fourth-order valence-electron chi connectivity index (χ4n) is 2.89. The monoisotopic (exact) mass is 435 g/mol. The number of phenolic OH excluding ortho intramolecular Hbond substituents is 1. The van der Waals surface area contributed by atoms with Crippen molar-refractivity contribution in [2.45, 2.75) is 13.2 Å². The standard InChI is InChI=1S/C24H21NO7/c26-20-12-10-19(11-13-20)25(14-22(27)28)24(30)32-16-18-8-4-5-9-21(18)23(29)31-15-17-6-2-1-3-7-17/h1-13,26H,14-16H2,(H,27,28). The second-order valence-electron chi connectivity index (χ2n) is 6.77. The van der Waals surface area contributed by atoms with Crippen LogP contribution in [-0.4, -0.2) is 34.8 Å². The third-order valence-corrected chi connectivity index (χ3v) is 4.48. The molecule has 2 N–H and O–H groups in total. The molecule has 0 aliphatic heterocycles. The molecule has 0 aliphatic carbocycles. The molecule has 3 rings (SSSR count). The average Bonchev–Trinajstić information content (AvgIpc) is 2.81. The molecule has 8 heteroatoms. The van der Waals surface area contributed by atoms with Crippen molar-refractivity contribution in [2.75, 3.05) is 11.4 Å². The SMILES string of the molecule is O=C(O)CN(C(=O)OCc1ccccc1C(=O)OCc1ccccc1)c1ccc(O)cc1. The summed E-state index contributed by atoms with van der Waals surface area (Å²) < 4.78 is 10.6. The molecule has 0 saturated carbocycles. The van der Waals surface area contributed by atoms with Gasteiger partial charge in [-0.25, -0.2) is 9.59 Å². The molecular formula is C24H21NO7. The van der Waals surface area contributed by atoms with Crippen molar-refractivity contribution in [1.29, 1.82) is 0 Å². The largest absolute Gasteiger partial charge is 0.508 e.